The van der Waals surface area contributed by atoms with Crippen molar-refractivity contribution >= 4 is 22.7 Å². The number of hydrogen-bond acceptors (Lipinski definition) is 9. The van der Waals surface area contributed by atoms with E-state index >= 15 is 0 Å². The van der Waals surface area contributed by atoms with Crippen LogP contribution in [0, 0.1) is 0 Å². The standard InChI is InChI=1S/C31H24F7N5O7/c1-47-20-8-14(6-15-10-43(16-3-4-16)42-22(15)20)25(44)40-11-29(46,30(34,35)36)21-9-17-24(48-12-28(17,26(32)33)27(39)45)23(41-21)13-2-5-18-19(7-13)50-31(37,38)49-18/h2,5-10,16,26,46H,3-4,11-12H2,1H3,(H2,39,45)(H,40,44)/t28-,29?/m1/s1. The van der Waals surface area contributed by atoms with Gasteiger partial charge in [0.2, 0.25) is 11.5 Å². The quantitative estimate of drug-likeness (QED) is 0.215. The van der Waals surface area contributed by atoms with Gasteiger partial charge < -0.3 is 35.1 Å². The van der Waals surface area contributed by atoms with Gasteiger partial charge in [0.1, 0.15) is 29.3 Å². The Hall–Kier alpha value is -5.33. The molecule has 50 heavy (non-hydrogen) atoms. The van der Waals surface area contributed by atoms with Gasteiger partial charge in [-0.25, -0.2) is 13.8 Å². The Labute approximate surface area is 275 Å². The first-order valence-corrected chi connectivity index (χ1v) is 14.8. The Bertz CT molecular complexity index is 2070. The molecule has 7 rings (SSSR count). The monoisotopic (exact) mass is 711 g/mol. The maximum atomic E-state index is 14.9. The van der Waals surface area contributed by atoms with Crippen LogP contribution in [0.15, 0.2) is 42.6 Å². The summed E-state index contributed by atoms with van der Waals surface area (Å²) < 4.78 is 122. The number of amides is 2. The molecule has 0 radical (unpaired) electrons. The highest BCUT2D eigenvalue weighted by Crippen LogP contribution is 2.51. The topological polar surface area (TPSA) is 160 Å². The number of aliphatic hydroxyl groups is 1. The molecule has 0 spiro atoms. The lowest BCUT2D eigenvalue weighted by molar-refractivity contribution is -0.286. The number of primary amides is 1. The number of pyridine rings is 1. The van der Waals surface area contributed by atoms with Crippen LogP contribution in [0.4, 0.5) is 30.7 Å². The highest BCUT2D eigenvalue weighted by molar-refractivity contribution is 6.00. The molecule has 2 amide bonds. The van der Waals surface area contributed by atoms with Gasteiger partial charge in [-0.05, 0) is 49.2 Å². The third kappa shape index (κ3) is 5.17. The van der Waals surface area contributed by atoms with E-state index < -0.39 is 89.1 Å². The number of rotatable bonds is 9. The summed E-state index contributed by atoms with van der Waals surface area (Å²) in [5, 5.41) is 18.2. The molecule has 0 bridgehead atoms. The van der Waals surface area contributed by atoms with Crippen molar-refractivity contribution in [2.75, 3.05) is 20.3 Å². The normalized spacial score (nSPS) is 20.4. The SMILES string of the molecule is COc1cc(C(=O)NCC(O)(c2cc3c(c(-c4ccc5c(c4)OC(F)(F)O5)n2)OC[C@]3(C(N)=O)C(F)F)C(F)(F)F)cc2cn(C3CC3)nc12. The number of nitrogens with two attached hydrogens (primary N) is 1. The van der Waals surface area contributed by atoms with Gasteiger partial charge in [-0.1, -0.05) is 0 Å². The molecule has 1 aliphatic carbocycles. The van der Waals surface area contributed by atoms with Crippen LogP contribution in [0.5, 0.6) is 23.0 Å². The summed E-state index contributed by atoms with van der Waals surface area (Å²) in [6.45, 7) is -2.73. The molecule has 2 atom stereocenters. The summed E-state index contributed by atoms with van der Waals surface area (Å²) in [7, 11) is 1.31. The van der Waals surface area contributed by atoms with Gasteiger partial charge in [-0.3, -0.25) is 14.3 Å². The fourth-order valence-electron chi connectivity index (χ4n) is 5.85. The molecule has 3 aliphatic rings. The molecule has 4 aromatic rings. The fourth-order valence-corrected chi connectivity index (χ4v) is 5.85. The van der Waals surface area contributed by atoms with Crippen molar-refractivity contribution < 1.29 is 64.4 Å². The number of hydrogen-bond donors (Lipinski definition) is 3. The van der Waals surface area contributed by atoms with Gasteiger partial charge in [0, 0.05) is 28.3 Å². The van der Waals surface area contributed by atoms with E-state index in [4.69, 9.17) is 15.2 Å². The number of nitrogens with one attached hydrogen (secondary N) is 1. The Morgan fingerprint density at radius 2 is 1.86 bits per heavy atom. The molecule has 2 aromatic heterocycles. The lowest BCUT2D eigenvalue weighted by Crippen LogP contribution is -2.52. The Kier molecular flexibility index (Phi) is 7.36. The lowest BCUT2D eigenvalue weighted by atomic mass is 9.80. The van der Waals surface area contributed by atoms with Gasteiger partial charge in [0.05, 0.1) is 25.4 Å². The number of carbonyl (C=O) groups is 2. The first kappa shape index (κ1) is 33.2. The van der Waals surface area contributed by atoms with Gasteiger partial charge in [0.25, 0.3) is 12.3 Å². The number of nitrogens with zero attached hydrogens (tertiary/aromatic N) is 3. The Morgan fingerprint density at radius 1 is 1.14 bits per heavy atom. The van der Waals surface area contributed by atoms with E-state index in [1.165, 1.54) is 19.2 Å². The summed E-state index contributed by atoms with van der Waals surface area (Å²) in [6, 6.07) is 6.01. The smallest absolute Gasteiger partial charge is 0.494 e. The van der Waals surface area contributed by atoms with Crippen LogP contribution in [0.1, 0.15) is 40.5 Å². The van der Waals surface area contributed by atoms with Crippen LogP contribution in [-0.4, -0.2) is 70.8 Å². The molecule has 1 unspecified atom stereocenters. The predicted octanol–water partition coefficient (Wildman–Crippen LogP) is 4.32. The molecular formula is C31H24F7N5O7. The number of fused-ring (bicyclic) bond motifs is 3. The van der Waals surface area contributed by atoms with Crippen molar-refractivity contribution in [3.63, 3.8) is 0 Å². The van der Waals surface area contributed by atoms with Gasteiger partial charge in [-0.2, -0.15) is 18.3 Å². The summed E-state index contributed by atoms with van der Waals surface area (Å²) in [4.78, 5) is 29.6. The van der Waals surface area contributed by atoms with Gasteiger partial charge >= 0.3 is 12.5 Å². The third-order valence-corrected chi connectivity index (χ3v) is 8.78. The number of benzene rings is 2. The largest absolute Gasteiger partial charge is 0.586 e. The number of alkyl halides is 7. The molecule has 1 saturated carbocycles. The van der Waals surface area contributed by atoms with Gasteiger partial charge in [-0.15, -0.1) is 8.78 Å². The lowest BCUT2D eigenvalue weighted by Gasteiger charge is -2.32. The first-order valence-electron chi connectivity index (χ1n) is 14.8. The van der Waals surface area contributed by atoms with E-state index in [-0.39, 0.29) is 22.9 Å². The minimum Gasteiger partial charge on any atom is -0.494 e. The summed E-state index contributed by atoms with van der Waals surface area (Å²) >= 11 is 0. The maximum Gasteiger partial charge on any atom is 0.586 e. The highest BCUT2D eigenvalue weighted by atomic mass is 19.4. The van der Waals surface area contributed by atoms with E-state index in [1.807, 2.05) is 5.32 Å². The van der Waals surface area contributed by atoms with Crippen molar-refractivity contribution in [1.82, 2.24) is 20.1 Å². The van der Waals surface area contributed by atoms with E-state index in [1.54, 1.807) is 10.9 Å². The highest BCUT2D eigenvalue weighted by Gasteiger charge is 2.60. The van der Waals surface area contributed by atoms with E-state index in [0.29, 0.717) is 17.0 Å². The van der Waals surface area contributed by atoms with Crippen molar-refractivity contribution in [3.8, 4) is 34.3 Å². The maximum absolute atomic E-state index is 14.9. The fraction of sp³-hybridized carbons (Fsp3) is 0.355. The minimum atomic E-state index is -5.64. The zero-order chi connectivity index (χ0) is 36.0. The number of methoxy groups -OCH3 is 1. The summed E-state index contributed by atoms with van der Waals surface area (Å²) in [5.41, 5.74) is -4.69. The average Bonchev–Trinajstić information content (AvgIpc) is 3.55. The second-order valence-electron chi connectivity index (χ2n) is 12.0. The molecule has 4 N–H and O–H groups in total. The van der Waals surface area contributed by atoms with E-state index in [2.05, 4.69) is 19.6 Å². The molecule has 1 fully saturated rings. The van der Waals surface area contributed by atoms with Crippen LogP contribution in [0.25, 0.3) is 22.2 Å². The predicted molar refractivity (Wildman–Crippen MR) is 155 cm³/mol. The van der Waals surface area contributed by atoms with Crippen LogP contribution in [0.3, 0.4) is 0 Å². The van der Waals surface area contributed by atoms with Crippen molar-refractivity contribution in [1.29, 1.82) is 0 Å². The number of carbonyl (C=O) groups excluding carboxylic acids is 2. The van der Waals surface area contributed by atoms with E-state index in [0.717, 1.165) is 31.0 Å². The molecule has 19 heteroatoms. The van der Waals surface area contributed by atoms with Crippen molar-refractivity contribution in [3.05, 3.63) is 59.4 Å². The van der Waals surface area contributed by atoms with Crippen molar-refractivity contribution in [2.24, 2.45) is 5.73 Å². The zero-order valence-corrected chi connectivity index (χ0v) is 25.5. The van der Waals surface area contributed by atoms with E-state index in [9.17, 15) is 45.4 Å². The average molecular weight is 712 g/mol. The first-order chi connectivity index (χ1) is 23.5. The number of ether oxygens (including phenoxy) is 4. The number of halogens is 7. The zero-order valence-electron chi connectivity index (χ0n) is 25.5. The minimum absolute atomic E-state index is 0.152. The molecule has 0 saturated heterocycles. The molecular weight excluding hydrogens is 687 g/mol. The summed E-state index contributed by atoms with van der Waals surface area (Å²) in [5.74, 6) is -4.28. The molecule has 12 nitrogen and oxygen atoms in total. The molecule has 2 aliphatic heterocycles. The second kappa shape index (κ2) is 11.1. The van der Waals surface area contributed by atoms with Crippen LogP contribution in [-0.2, 0) is 15.8 Å². The molecule has 264 valence electrons. The molecule has 4 heterocycles. The number of aromatic nitrogens is 3. The van der Waals surface area contributed by atoms with Crippen molar-refractivity contribution in [2.45, 2.75) is 48.8 Å². The summed E-state index contributed by atoms with van der Waals surface area (Å²) in [6.07, 6.45) is -9.90. The van der Waals surface area contributed by atoms with Crippen LogP contribution < -0.4 is 30.0 Å². The Morgan fingerprint density at radius 3 is 2.50 bits per heavy atom. The third-order valence-electron chi connectivity index (χ3n) is 8.78. The van der Waals surface area contributed by atoms with Crippen LogP contribution in [0.2, 0.25) is 0 Å². The second-order valence-corrected chi connectivity index (χ2v) is 12.0. The van der Waals surface area contributed by atoms with Crippen LogP contribution >= 0.6 is 0 Å². The van der Waals surface area contributed by atoms with Gasteiger partial charge in [0.15, 0.2) is 16.9 Å². The molecule has 2 aromatic carbocycles. The Balaban J connectivity index is 1.31.